The van der Waals surface area contributed by atoms with Crippen LogP contribution >= 0.6 is 0 Å². The van der Waals surface area contributed by atoms with Crippen molar-refractivity contribution in [3.8, 4) is 5.75 Å². The first-order chi connectivity index (χ1) is 16.8. The maximum atomic E-state index is 13.6. The number of rotatable bonds is 10. The molecule has 3 aromatic carbocycles. The summed E-state index contributed by atoms with van der Waals surface area (Å²) in [5.74, 6) is -0.312. The Labute approximate surface area is 206 Å². The number of methoxy groups -OCH3 is 1. The third-order valence-electron chi connectivity index (χ3n) is 5.58. The molecule has 184 valence electrons. The van der Waals surface area contributed by atoms with Crippen molar-refractivity contribution < 1.29 is 22.7 Å². The molecule has 0 aliphatic carbocycles. The third-order valence-corrected chi connectivity index (χ3v) is 7.37. The molecular formula is C26H29N3O5S. The maximum absolute atomic E-state index is 13.6. The second-order valence-corrected chi connectivity index (χ2v) is 9.68. The highest BCUT2D eigenvalue weighted by Crippen LogP contribution is 2.26. The van der Waals surface area contributed by atoms with Crippen molar-refractivity contribution >= 4 is 27.5 Å². The summed E-state index contributed by atoms with van der Waals surface area (Å²) in [5, 5.41) is 2.56. The SMILES string of the molecule is CNC(=O)[C@H](C)N(Cc1ccccc1)C(=O)CN(c1ccc(OC)cc1)S(=O)(=O)c1ccccc1. The molecule has 3 aromatic rings. The predicted octanol–water partition coefficient (Wildman–Crippen LogP) is 3.05. The van der Waals surface area contributed by atoms with Crippen molar-refractivity contribution in [1.29, 1.82) is 0 Å². The van der Waals surface area contributed by atoms with E-state index in [9.17, 15) is 18.0 Å². The first kappa shape index (κ1) is 25.8. The summed E-state index contributed by atoms with van der Waals surface area (Å²) in [6.07, 6.45) is 0. The Morgan fingerprint density at radius 2 is 1.49 bits per heavy atom. The van der Waals surface area contributed by atoms with Gasteiger partial charge in [-0.15, -0.1) is 0 Å². The zero-order valence-electron chi connectivity index (χ0n) is 19.9. The highest BCUT2D eigenvalue weighted by atomic mass is 32.2. The van der Waals surface area contributed by atoms with Crippen molar-refractivity contribution in [2.75, 3.05) is 25.0 Å². The summed E-state index contributed by atoms with van der Waals surface area (Å²) >= 11 is 0. The lowest BCUT2D eigenvalue weighted by Crippen LogP contribution is -2.50. The molecule has 1 atom stereocenters. The minimum atomic E-state index is -4.08. The Balaban J connectivity index is 2.01. The summed E-state index contributed by atoms with van der Waals surface area (Å²) in [6.45, 7) is 1.27. The number of sulfonamides is 1. The molecule has 0 aromatic heterocycles. The molecule has 0 aliphatic rings. The van der Waals surface area contributed by atoms with Crippen LogP contribution in [0.15, 0.2) is 89.8 Å². The lowest BCUT2D eigenvalue weighted by atomic mass is 10.1. The summed E-state index contributed by atoms with van der Waals surface area (Å²) in [5.41, 5.74) is 1.12. The zero-order valence-corrected chi connectivity index (χ0v) is 20.7. The first-order valence-electron chi connectivity index (χ1n) is 11.0. The van der Waals surface area contributed by atoms with Crippen LogP contribution in [0.4, 0.5) is 5.69 Å². The van der Waals surface area contributed by atoms with Gasteiger partial charge in [0.2, 0.25) is 11.8 Å². The van der Waals surface area contributed by atoms with E-state index in [0.717, 1.165) is 9.87 Å². The minimum absolute atomic E-state index is 0.0533. The summed E-state index contributed by atoms with van der Waals surface area (Å²) in [7, 11) is -1.08. The number of ether oxygens (including phenoxy) is 1. The van der Waals surface area contributed by atoms with Crippen molar-refractivity contribution in [3.05, 3.63) is 90.5 Å². The van der Waals surface area contributed by atoms with Gasteiger partial charge in [-0.25, -0.2) is 8.42 Å². The van der Waals surface area contributed by atoms with Crippen molar-refractivity contribution in [2.45, 2.75) is 24.4 Å². The average molecular weight is 496 g/mol. The maximum Gasteiger partial charge on any atom is 0.264 e. The van der Waals surface area contributed by atoms with Crippen molar-refractivity contribution in [1.82, 2.24) is 10.2 Å². The quantitative estimate of drug-likeness (QED) is 0.466. The smallest absolute Gasteiger partial charge is 0.264 e. The number of hydrogen-bond donors (Lipinski definition) is 1. The van der Waals surface area contributed by atoms with Crippen LogP contribution < -0.4 is 14.4 Å². The third kappa shape index (κ3) is 6.19. The van der Waals surface area contributed by atoms with E-state index in [-0.39, 0.29) is 17.3 Å². The van der Waals surface area contributed by atoms with Gasteiger partial charge in [0.05, 0.1) is 17.7 Å². The number of likely N-dealkylation sites (N-methyl/N-ethyl adjacent to an activating group) is 1. The van der Waals surface area contributed by atoms with E-state index in [2.05, 4.69) is 5.32 Å². The van der Waals surface area contributed by atoms with E-state index in [0.29, 0.717) is 11.4 Å². The Hall–Kier alpha value is -3.85. The Kier molecular flexibility index (Phi) is 8.48. The molecular weight excluding hydrogens is 466 g/mol. The van der Waals surface area contributed by atoms with Crippen LogP contribution in [-0.2, 0) is 26.2 Å². The first-order valence-corrected chi connectivity index (χ1v) is 12.5. The number of anilines is 1. The van der Waals surface area contributed by atoms with E-state index in [1.165, 1.54) is 31.2 Å². The van der Waals surface area contributed by atoms with E-state index in [4.69, 9.17) is 4.74 Å². The Bertz CT molecular complexity index is 1230. The number of nitrogens with zero attached hydrogens (tertiary/aromatic N) is 2. The standard InChI is InChI=1S/C26H29N3O5S/c1-20(26(31)27-2)28(18-21-10-6-4-7-11-21)25(30)19-29(22-14-16-23(34-3)17-15-22)35(32,33)24-12-8-5-9-13-24/h4-17,20H,18-19H2,1-3H3,(H,27,31)/t20-/m0/s1. The van der Waals surface area contributed by atoms with Gasteiger partial charge in [-0.3, -0.25) is 13.9 Å². The molecule has 0 aliphatic heterocycles. The van der Waals surface area contributed by atoms with Crippen LogP contribution in [0.1, 0.15) is 12.5 Å². The molecule has 0 heterocycles. The second kappa shape index (κ2) is 11.5. The summed E-state index contributed by atoms with van der Waals surface area (Å²) in [4.78, 5) is 27.5. The number of benzene rings is 3. The average Bonchev–Trinajstić information content (AvgIpc) is 2.90. The molecule has 2 amide bonds. The minimum Gasteiger partial charge on any atom is -0.497 e. The van der Waals surface area contributed by atoms with Crippen LogP contribution in [0.25, 0.3) is 0 Å². The normalized spacial score (nSPS) is 11.9. The van der Waals surface area contributed by atoms with Gasteiger partial charge in [0.1, 0.15) is 18.3 Å². The van der Waals surface area contributed by atoms with Crippen molar-refractivity contribution in [3.63, 3.8) is 0 Å². The molecule has 0 spiro atoms. The molecule has 0 saturated heterocycles. The molecule has 1 N–H and O–H groups in total. The Morgan fingerprint density at radius 3 is 2.03 bits per heavy atom. The summed E-state index contributed by atoms with van der Waals surface area (Å²) < 4.78 is 33.5. The fraction of sp³-hybridized carbons (Fsp3) is 0.231. The van der Waals surface area contributed by atoms with Crippen molar-refractivity contribution in [2.24, 2.45) is 0 Å². The molecule has 0 unspecified atom stereocenters. The van der Waals surface area contributed by atoms with Gasteiger partial charge >= 0.3 is 0 Å². The van der Waals surface area contributed by atoms with Crippen LogP contribution in [0.2, 0.25) is 0 Å². The highest BCUT2D eigenvalue weighted by Gasteiger charge is 2.32. The molecule has 0 radical (unpaired) electrons. The number of carbonyl (C=O) groups excluding carboxylic acids is 2. The van der Waals surface area contributed by atoms with Crippen LogP contribution in [0.5, 0.6) is 5.75 Å². The summed E-state index contributed by atoms with van der Waals surface area (Å²) in [6, 6.07) is 22.7. The lowest BCUT2D eigenvalue weighted by Gasteiger charge is -2.31. The van der Waals surface area contributed by atoms with Crippen LogP contribution in [0.3, 0.4) is 0 Å². The molecule has 3 rings (SSSR count). The van der Waals surface area contributed by atoms with E-state index in [1.54, 1.807) is 49.4 Å². The van der Waals surface area contributed by atoms with Crippen LogP contribution in [-0.4, -0.2) is 51.9 Å². The van der Waals surface area contributed by atoms with Gasteiger partial charge in [0.25, 0.3) is 10.0 Å². The lowest BCUT2D eigenvalue weighted by molar-refractivity contribution is -0.139. The molecule has 0 bridgehead atoms. The molecule has 9 heteroatoms. The van der Waals surface area contributed by atoms with E-state index < -0.39 is 28.5 Å². The number of carbonyl (C=O) groups is 2. The monoisotopic (exact) mass is 495 g/mol. The fourth-order valence-corrected chi connectivity index (χ4v) is 5.00. The topological polar surface area (TPSA) is 96.0 Å². The van der Waals surface area contributed by atoms with Gasteiger partial charge in [0, 0.05) is 13.6 Å². The second-order valence-electron chi connectivity index (χ2n) is 7.82. The van der Waals surface area contributed by atoms with Gasteiger partial charge in [0.15, 0.2) is 0 Å². The molecule has 0 saturated carbocycles. The number of nitrogens with one attached hydrogen (secondary N) is 1. The van der Waals surface area contributed by atoms with E-state index >= 15 is 0 Å². The van der Waals surface area contributed by atoms with Gasteiger partial charge in [-0.1, -0.05) is 48.5 Å². The highest BCUT2D eigenvalue weighted by molar-refractivity contribution is 7.92. The number of amides is 2. The Morgan fingerprint density at radius 1 is 0.914 bits per heavy atom. The largest absolute Gasteiger partial charge is 0.497 e. The van der Waals surface area contributed by atoms with E-state index in [1.807, 2.05) is 30.3 Å². The molecule has 0 fully saturated rings. The predicted molar refractivity (Wildman–Crippen MR) is 134 cm³/mol. The van der Waals surface area contributed by atoms with Gasteiger partial charge in [-0.2, -0.15) is 0 Å². The fourth-order valence-electron chi connectivity index (χ4n) is 3.57. The van der Waals surface area contributed by atoms with Gasteiger partial charge < -0.3 is 15.0 Å². The zero-order chi connectivity index (χ0) is 25.4. The molecule has 8 nitrogen and oxygen atoms in total. The van der Waals surface area contributed by atoms with Crippen LogP contribution in [0, 0.1) is 0 Å². The van der Waals surface area contributed by atoms with Gasteiger partial charge in [-0.05, 0) is 48.9 Å². The number of hydrogen-bond acceptors (Lipinski definition) is 5. The molecule has 35 heavy (non-hydrogen) atoms.